The Labute approximate surface area is 171 Å². The molecule has 6 nitrogen and oxygen atoms in total. The average Bonchev–Trinajstić information content (AvgIpc) is 2.75. The van der Waals surface area contributed by atoms with E-state index in [2.05, 4.69) is 16.3 Å². The highest BCUT2D eigenvalue weighted by molar-refractivity contribution is 7.80. The van der Waals surface area contributed by atoms with Crippen LogP contribution in [0.4, 0.5) is 0 Å². The molecule has 7 heteroatoms. The van der Waals surface area contributed by atoms with Gasteiger partial charge in [-0.05, 0) is 59.6 Å². The van der Waals surface area contributed by atoms with Gasteiger partial charge in [0.15, 0.2) is 28.1 Å². The van der Waals surface area contributed by atoms with Crippen LogP contribution in [0.15, 0.2) is 30.3 Å². The van der Waals surface area contributed by atoms with E-state index in [9.17, 15) is 0 Å². The van der Waals surface area contributed by atoms with Crippen LogP contribution in [-0.4, -0.2) is 52.0 Å². The Kier molecular flexibility index (Phi) is 6.14. The van der Waals surface area contributed by atoms with Crippen LogP contribution >= 0.6 is 12.2 Å². The van der Waals surface area contributed by atoms with Crippen molar-refractivity contribution in [1.29, 1.82) is 0 Å². The number of nitrogens with zero attached hydrogens (tertiary/aromatic N) is 1. The Balaban J connectivity index is 2.18. The quantitative estimate of drug-likeness (QED) is 0.771. The van der Waals surface area contributed by atoms with Crippen molar-refractivity contribution >= 4 is 17.3 Å². The summed E-state index contributed by atoms with van der Waals surface area (Å²) in [6.45, 7) is 0.793. The van der Waals surface area contributed by atoms with Gasteiger partial charge >= 0.3 is 0 Å². The molecule has 28 heavy (non-hydrogen) atoms. The minimum atomic E-state index is -0.0803. The van der Waals surface area contributed by atoms with Gasteiger partial charge in [-0.15, -0.1) is 0 Å². The summed E-state index contributed by atoms with van der Waals surface area (Å²) in [6, 6.07) is 9.98. The second-order valence-corrected chi connectivity index (χ2v) is 6.81. The van der Waals surface area contributed by atoms with Gasteiger partial charge in [0.1, 0.15) is 0 Å². The molecule has 0 fully saturated rings. The van der Waals surface area contributed by atoms with Crippen LogP contribution in [0.25, 0.3) is 0 Å². The van der Waals surface area contributed by atoms with Gasteiger partial charge < -0.3 is 29.2 Å². The van der Waals surface area contributed by atoms with E-state index in [0.717, 1.165) is 29.8 Å². The normalized spacial score (nSPS) is 15.5. The molecule has 150 valence electrons. The predicted octanol–water partition coefficient (Wildman–Crippen LogP) is 3.17. The molecule has 0 amide bonds. The highest BCUT2D eigenvalue weighted by Crippen LogP contribution is 2.42. The molecule has 0 bridgehead atoms. The van der Waals surface area contributed by atoms with Crippen molar-refractivity contribution in [3.05, 3.63) is 47.0 Å². The molecule has 0 aliphatic carbocycles. The molecule has 0 aromatic heterocycles. The number of benzene rings is 2. The van der Waals surface area contributed by atoms with Crippen LogP contribution < -0.4 is 24.3 Å². The van der Waals surface area contributed by atoms with Crippen molar-refractivity contribution in [3.8, 4) is 23.0 Å². The van der Waals surface area contributed by atoms with E-state index in [4.69, 9.17) is 31.2 Å². The first-order chi connectivity index (χ1) is 13.6. The number of hydrogen-bond donors (Lipinski definition) is 1. The van der Waals surface area contributed by atoms with Crippen molar-refractivity contribution in [2.24, 2.45) is 0 Å². The van der Waals surface area contributed by atoms with Gasteiger partial charge in [-0.25, -0.2) is 0 Å². The standard InChI is InChI=1S/C21H26N2O4S/c1-22-21(28)23-9-8-13-10-18(26-4)19(27-5)12-15(13)20(23)14-6-7-16(24-2)17(11-14)25-3/h6-7,10-12,20H,8-9H2,1-5H3,(H,22,28). The van der Waals surface area contributed by atoms with Crippen LogP contribution in [0, 0.1) is 0 Å². The van der Waals surface area contributed by atoms with Gasteiger partial charge in [-0.3, -0.25) is 0 Å². The third-order valence-corrected chi connectivity index (χ3v) is 5.51. The first-order valence-electron chi connectivity index (χ1n) is 9.03. The molecule has 3 rings (SSSR count). The second-order valence-electron chi connectivity index (χ2n) is 6.42. The summed E-state index contributed by atoms with van der Waals surface area (Å²) in [6.07, 6.45) is 0.862. The molecule has 2 aromatic carbocycles. The zero-order chi connectivity index (χ0) is 20.3. The topological polar surface area (TPSA) is 52.2 Å². The summed E-state index contributed by atoms with van der Waals surface area (Å²) >= 11 is 5.60. The summed E-state index contributed by atoms with van der Waals surface area (Å²) in [5.74, 6) is 2.81. The summed E-state index contributed by atoms with van der Waals surface area (Å²) in [4.78, 5) is 2.19. The molecule has 0 radical (unpaired) electrons. The lowest BCUT2D eigenvalue weighted by Crippen LogP contribution is -2.44. The number of nitrogens with one attached hydrogen (secondary N) is 1. The maximum absolute atomic E-state index is 5.60. The molecule has 1 N–H and O–H groups in total. The molecular formula is C21H26N2O4S. The second kappa shape index (κ2) is 8.56. The molecule has 0 saturated heterocycles. The average molecular weight is 403 g/mol. The Morgan fingerprint density at radius 3 is 2.14 bits per heavy atom. The molecule has 1 unspecified atom stereocenters. The van der Waals surface area contributed by atoms with Crippen molar-refractivity contribution < 1.29 is 18.9 Å². The minimum absolute atomic E-state index is 0.0803. The Morgan fingerprint density at radius 1 is 0.929 bits per heavy atom. The van der Waals surface area contributed by atoms with Gasteiger partial charge in [0.2, 0.25) is 0 Å². The molecule has 1 aliphatic heterocycles. The van der Waals surface area contributed by atoms with E-state index in [1.807, 2.05) is 31.3 Å². The zero-order valence-corrected chi connectivity index (χ0v) is 17.7. The lowest BCUT2D eigenvalue weighted by molar-refractivity contribution is 0.322. The monoisotopic (exact) mass is 402 g/mol. The fourth-order valence-electron chi connectivity index (χ4n) is 3.69. The fraction of sp³-hybridized carbons (Fsp3) is 0.381. The zero-order valence-electron chi connectivity index (χ0n) is 16.9. The molecule has 0 spiro atoms. The Bertz CT molecular complexity index is 872. The predicted molar refractivity (Wildman–Crippen MR) is 113 cm³/mol. The minimum Gasteiger partial charge on any atom is -0.493 e. The van der Waals surface area contributed by atoms with Crippen LogP contribution in [0.5, 0.6) is 23.0 Å². The van der Waals surface area contributed by atoms with Gasteiger partial charge in [0.25, 0.3) is 0 Å². The van der Waals surface area contributed by atoms with E-state index in [1.165, 1.54) is 5.56 Å². The van der Waals surface area contributed by atoms with Crippen LogP contribution in [0.1, 0.15) is 22.7 Å². The summed E-state index contributed by atoms with van der Waals surface area (Å²) < 4.78 is 22.0. The van der Waals surface area contributed by atoms with Gasteiger partial charge in [-0.1, -0.05) is 6.07 Å². The first kappa shape index (κ1) is 20.1. The maximum atomic E-state index is 5.60. The number of hydrogen-bond acceptors (Lipinski definition) is 5. The Hall–Kier alpha value is -2.67. The first-order valence-corrected chi connectivity index (χ1v) is 9.43. The smallest absolute Gasteiger partial charge is 0.169 e. The van der Waals surface area contributed by atoms with E-state index in [0.29, 0.717) is 22.4 Å². The summed E-state index contributed by atoms with van der Waals surface area (Å²) in [5, 5.41) is 3.81. The molecule has 1 aliphatic rings. The highest BCUT2D eigenvalue weighted by atomic mass is 32.1. The van der Waals surface area contributed by atoms with E-state index in [-0.39, 0.29) is 6.04 Å². The van der Waals surface area contributed by atoms with Gasteiger partial charge in [0.05, 0.1) is 34.5 Å². The summed E-state index contributed by atoms with van der Waals surface area (Å²) in [7, 11) is 8.42. The molecule has 1 heterocycles. The fourth-order valence-corrected chi connectivity index (χ4v) is 3.89. The highest BCUT2D eigenvalue weighted by Gasteiger charge is 2.32. The SMILES string of the molecule is CNC(=S)N1CCc2cc(OC)c(OC)cc2C1c1ccc(OC)c(OC)c1. The third-order valence-electron chi connectivity index (χ3n) is 5.07. The number of rotatable bonds is 5. The lowest BCUT2D eigenvalue weighted by Gasteiger charge is -2.39. The van der Waals surface area contributed by atoms with Crippen LogP contribution in [-0.2, 0) is 6.42 Å². The number of fused-ring (bicyclic) bond motifs is 1. The van der Waals surface area contributed by atoms with E-state index >= 15 is 0 Å². The third kappa shape index (κ3) is 3.54. The molecule has 0 saturated carbocycles. The molecule has 1 atom stereocenters. The Morgan fingerprint density at radius 2 is 1.54 bits per heavy atom. The van der Waals surface area contributed by atoms with Crippen molar-refractivity contribution in [1.82, 2.24) is 10.2 Å². The number of ether oxygens (including phenoxy) is 4. The number of thiocarbonyl (C=S) groups is 1. The maximum Gasteiger partial charge on any atom is 0.169 e. The van der Waals surface area contributed by atoms with Crippen molar-refractivity contribution in [2.45, 2.75) is 12.5 Å². The van der Waals surface area contributed by atoms with Gasteiger partial charge in [-0.2, -0.15) is 0 Å². The van der Waals surface area contributed by atoms with E-state index in [1.54, 1.807) is 28.4 Å². The van der Waals surface area contributed by atoms with Crippen LogP contribution in [0.3, 0.4) is 0 Å². The van der Waals surface area contributed by atoms with Crippen molar-refractivity contribution in [3.63, 3.8) is 0 Å². The van der Waals surface area contributed by atoms with Gasteiger partial charge in [0, 0.05) is 13.6 Å². The van der Waals surface area contributed by atoms with Crippen molar-refractivity contribution in [2.75, 3.05) is 42.0 Å². The number of methoxy groups -OCH3 is 4. The lowest BCUT2D eigenvalue weighted by atomic mass is 9.87. The molecular weight excluding hydrogens is 376 g/mol. The summed E-state index contributed by atoms with van der Waals surface area (Å²) in [5.41, 5.74) is 3.41. The van der Waals surface area contributed by atoms with Crippen LogP contribution in [0.2, 0.25) is 0 Å². The van der Waals surface area contributed by atoms with E-state index < -0.39 is 0 Å². The largest absolute Gasteiger partial charge is 0.493 e. The molecule has 2 aromatic rings.